The number of Topliss-reactive ketones (excluding diaryl/α,β-unsaturated/α-hetero) is 1. The third-order valence-corrected chi connectivity index (χ3v) is 6.28. The van der Waals surface area contributed by atoms with Crippen molar-refractivity contribution in [3.05, 3.63) is 71.8 Å². The number of nitrogens with zero attached hydrogens (tertiary/aromatic N) is 1. The predicted octanol–water partition coefficient (Wildman–Crippen LogP) is 5.02. The van der Waals surface area contributed by atoms with Gasteiger partial charge in [-0.2, -0.15) is 0 Å². The number of benzene rings is 2. The van der Waals surface area contributed by atoms with Gasteiger partial charge in [-0.25, -0.2) is 0 Å². The molecule has 0 saturated carbocycles. The molecule has 1 unspecified atom stereocenters. The van der Waals surface area contributed by atoms with Gasteiger partial charge >= 0.3 is 0 Å². The van der Waals surface area contributed by atoms with E-state index in [0.717, 1.165) is 24.2 Å². The molecule has 1 heterocycles. The van der Waals surface area contributed by atoms with E-state index in [1.54, 1.807) is 6.92 Å². The first-order chi connectivity index (χ1) is 13.4. The first-order valence-electron chi connectivity index (χ1n) is 9.48. The molecule has 1 amide bonds. The molecule has 28 heavy (non-hydrogen) atoms. The second-order valence-corrected chi connectivity index (χ2v) is 8.86. The Balaban J connectivity index is 1.72. The molecule has 2 aromatic rings. The summed E-state index contributed by atoms with van der Waals surface area (Å²) >= 11 is 1.32. The van der Waals surface area contributed by atoms with Crippen LogP contribution < -0.4 is 10.2 Å². The van der Waals surface area contributed by atoms with Gasteiger partial charge in [0.15, 0.2) is 0 Å². The van der Waals surface area contributed by atoms with E-state index in [1.165, 1.54) is 17.3 Å². The average molecular weight is 395 g/mol. The van der Waals surface area contributed by atoms with Gasteiger partial charge in [0.2, 0.25) is 5.91 Å². The maximum absolute atomic E-state index is 13.1. The maximum Gasteiger partial charge on any atom is 0.228 e. The van der Waals surface area contributed by atoms with Crippen molar-refractivity contribution in [1.29, 1.82) is 0 Å². The van der Waals surface area contributed by atoms with Gasteiger partial charge in [0.05, 0.1) is 9.78 Å². The van der Waals surface area contributed by atoms with Crippen LogP contribution in [0.15, 0.2) is 66.2 Å². The molecule has 1 N–H and O–H groups in total. The van der Waals surface area contributed by atoms with Gasteiger partial charge in [-0.15, -0.1) is 0 Å². The molecule has 1 aliphatic heterocycles. The van der Waals surface area contributed by atoms with Crippen LogP contribution in [0.1, 0.15) is 32.3 Å². The molecule has 0 aliphatic carbocycles. The lowest BCUT2D eigenvalue weighted by Gasteiger charge is -2.33. The van der Waals surface area contributed by atoms with Crippen LogP contribution in [-0.4, -0.2) is 23.0 Å². The van der Waals surface area contributed by atoms with Gasteiger partial charge in [0, 0.05) is 24.3 Å². The summed E-state index contributed by atoms with van der Waals surface area (Å²) in [5, 5.41) is 3.86. The average Bonchev–Trinajstić information content (AvgIpc) is 2.67. The monoisotopic (exact) mass is 394 g/mol. The van der Waals surface area contributed by atoms with E-state index in [-0.39, 0.29) is 18.1 Å². The predicted molar refractivity (Wildman–Crippen MR) is 118 cm³/mol. The number of ketones is 1. The van der Waals surface area contributed by atoms with Crippen LogP contribution in [0, 0.1) is 0 Å². The maximum atomic E-state index is 13.1. The van der Waals surface area contributed by atoms with E-state index in [2.05, 4.69) is 18.0 Å². The number of fused-ring (bicyclic) bond motifs is 1. The van der Waals surface area contributed by atoms with Crippen molar-refractivity contribution in [1.82, 2.24) is 0 Å². The van der Waals surface area contributed by atoms with Crippen LogP contribution in [-0.2, 0) is 16.0 Å². The molecule has 1 atom stereocenters. The fourth-order valence-electron chi connectivity index (χ4n) is 3.39. The highest BCUT2D eigenvalue weighted by Gasteiger charge is 2.37. The largest absolute Gasteiger partial charge is 0.351 e. The summed E-state index contributed by atoms with van der Waals surface area (Å²) in [5.74, 6) is -0.0583. The Labute approximate surface area is 171 Å². The smallest absolute Gasteiger partial charge is 0.228 e. The lowest BCUT2D eigenvalue weighted by molar-refractivity contribution is -0.124. The highest BCUT2D eigenvalue weighted by atomic mass is 32.2. The number of rotatable bonds is 7. The molecule has 1 aliphatic rings. The first-order valence-corrected chi connectivity index (χ1v) is 10.3. The highest BCUT2D eigenvalue weighted by molar-refractivity contribution is 8.05. The van der Waals surface area contributed by atoms with E-state index >= 15 is 0 Å². The third kappa shape index (κ3) is 4.65. The van der Waals surface area contributed by atoms with Crippen LogP contribution in [0.4, 0.5) is 11.4 Å². The van der Waals surface area contributed by atoms with E-state index in [0.29, 0.717) is 11.6 Å². The normalized spacial score (nSPS) is 15.3. The number of hydrogen-bond donors (Lipinski definition) is 1. The van der Waals surface area contributed by atoms with E-state index < -0.39 is 4.75 Å². The van der Waals surface area contributed by atoms with E-state index in [9.17, 15) is 9.59 Å². The Kier molecular flexibility index (Phi) is 6.25. The lowest BCUT2D eigenvalue weighted by Crippen LogP contribution is -2.42. The minimum absolute atomic E-state index is 0.0233. The van der Waals surface area contributed by atoms with Crippen molar-refractivity contribution in [2.45, 2.75) is 37.9 Å². The van der Waals surface area contributed by atoms with Gasteiger partial charge in [-0.1, -0.05) is 54.7 Å². The van der Waals surface area contributed by atoms with Crippen LogP contribution in [0.5, 0.6) is 0 Å². The number of anilines is 2. The van der Waals surface area contributed by atoms with Crippen LogP contribution in [0.25, 0.3) is 0 Å². The molecule has 5 heteroatoms. The van der Waals surface area contributed by atoms with Crippen molar-refractivity contribution in [2.24, 2.45) is 0 Å². The van der Waals surface area contributed by atoms with Crippen molar-refractivity contribution in [3.63, 3.8) is 0 Å². The summed E-state index contributed by atoms with van der Waals surface area (Å²) < 4.78 is -0.873. The second kappa shape index (κ2) is 8.65. The summed E-state index contributed by atoms with van der Waals surface area (Å²) in [6.07, 6.45) is 2.06. The van der Waals surface area contributed by atoms with Crippen molar-refractivity contribution >= 4 is 34.8 Å². The number of carbonyl (C=O) groups is 2. The molecule has 3 rings (SSSR count). The summed E-state index contributed by atoms with van der Waals surface area (Å²) in [7, 11) is 0. The van der Waals surface area contributed by atoms with Crippen molar-refractivity contribution in [3.8, 4) is 0 Å². The number of amides is 1. The van der Waals surface area contributed by atoms with Gasteiger partial charge < -0.3 is 10.2 Å². The molecule has 0 radical (unpaired) electrons. The Hall–Kier alpha value is -2.53. The molecule has 146 valence electrons. The van der Waals surface area contributed by atoms with Crippen LogP contribution >= 0.6 is 11.8 Å². The van der Waals surface area contributed by atoms with Gasteiger partial charge in [0.1, 0.15) is 5.78 Å². The lowest BCUT2D eigenvalue weighted by atomic mass is 9.98. The number of aryl methyl sites for hydroxylation is 1. The summed E-state index contributed by atoms with van der Waals surface area (Å²) in [4.78, 5) is 27.4. The summed E-state index contributed by atoms with van der Waals surface area (Å²) in [5.41, 5.74) is 3.06. The van der Waals surface area contributed by atoms with Gasteiger partial charge in [-0.3, -0.25) is 9.59 Å². The molecule has 0 bridgehead atoms. The standard InChI is InChI=1S/C23H26N2O2S/c1-17(26)23(3,28-18(2)24-20-12-5-4-6-13-20)16-22(27)25-15-9-11-19-10-7-8-14-21(19)25/h4-8,10,12-14,24H,2,9,11,15-16H2,1,3H3. The summed E-state index contributed by atoms with van der Waals surface area (Å²) in [6.45, 7) is 8.11. The Bertz CT molecular complexity index is 881. The quantitative estimate of drug-likeness (QED) is 0.716. The van der Waals surface area contributed by atoms with Crippen molar-refractivity contribution in [2.75, 3.05) is 16.8 Å². The van der Waals surface area contributed by atoms with Crippen LogP contribution in [0.3, 0.4) is 0 Å². The molecule has 2 aromatic carbocycles. The number of nitrogens with one attached hydrogen (secondary N) is 1. The minimum atomic E-state index is -0.873. The van der Waals surface area contributed by atoms with Gasteiger partial charge in [0.25, 0.3) is 0 Å². The molecular formula is C23H26N2O2S. The number of hydrogen-bond acceptors (Lipinski definition) is 4. The highest BCUT2D eigenvalue weighted by Crippen LogP contribution is 2.37. The van der Waals surface area contributed by atoms with E-state index in [1.807, 2.05) is 60.4 Å². The molecule has 0 saturated heterocycles. The molecule has 0 fully saturated rings. The van der Waals surface area contributed by atoms with E-state index in [4.69, 9.17) is 0 Å². The molecule has 4 nitrogen and oxygen atoms in total. The summed E-state index contributed by atoms with van der Waals surface area (Å²) in [6, 6.07) is 17.7. The Morgan fingerprint density at radius 1 is 1.14 bits per heavy atom. The zero-order chi connectivity index (χ0) is 20.1. The zero-order valence-corrected chi connectivity index (χ0v) is 17.2. The minimum Gasteiger partial charge on any atom is -0.351 e. The third-order valence-electron chi connectivity index (χ3n) is 5.05. The van der Waals surface area contributed by atoms with Crippen LogP contribution in [0.2, 0.25) is 0 Å². The number of para-hydroxylation sites is 2. The fraction of sp³-hybridized carbons (Fsp3) is 0.304. The molecule has 0 aromatic heterocycles. The SMILES string of the molecule is C=C(Nc1ccccc1)SC(C)(CC(=O)N1CCCc2ccccc21)C(C)=O. The van der Waals surface area contributed by atoms with Gasteiger partial charge in [-0.05, 0) is 50.5 Å². The topological polar surface area (TPSA) is 49.4 Å². The number of carbonyl (C=O) groups excluding carboxylic acids is 2. The zero-order valence-electron chi connectivity index (χ0n) is 16.4. The first kappa shape index (κ1) is 20.2. The fourth-order valence-corrected chi connectivity index (χ4v) is 4.44. The Morgan fingerprint density at radius 2 is 1.82 bits per heavy atom. The second-order valence-electron chi connectivity index (χ2n) is 7.26. The molecular weight excluding hydrogens is 368 g/mol. The van der Waals surface area contributed by atoms with Crippen molar-refractivity contribution < 1.29 is 9.59 Å². The number of thioether (sulfide) groups is 1. The molecule has 0 spiro atoms. The Morgan fingerprint density at radius 3 is 2.54 bits per heavy atom.